The molecule has 24 heavy (non-hydrogen) atoms. The van der Waals surface area contributed by atoms with Gasteiger partial charge in [0.05, 0.1) is 29.0 Å². The van der Waals surface area contributed by atoms with E-state index < -0.39 is 10.0 Å². The van der Waals surface area contributed by atoms with Gasteiger partial charge >= 0.3 is 0 Å². The van der Waals surface area contributed by atoms with Crippen molar-refractivity contribution in [3.05, 3.63) is 28.8 Å². The topological polar surface area (TPSA) is 73.6 Å². The third-order valence-electron chi connectivity index (χ3n) is 3.86. The smallest absolute Gasteiger partial charge is 0.216 e. The van der Waals surface area contributed by atoms with Crippen molar-refractivity contribution >= 4 is 27.3 Å². The second-order valence-corrected chi connectivity index (χ2v) is 8.39. The van der Waals surface area contributed by atoms with Crippen LogP contribution in [-0.4, -0.2) is 57.4 Å². The number of nitriles is 1. The van der Waals surface area contributed by atoms with Gasteiger partial charge in [0.15, 0.2) is 0 Å². The highest BCUT2D eigenvalue weighted by molar-refractivity contribution is 7.89. The van der Waals surface area contributed by atoms with Gasteiger partial charge in [0, 0.05) is 31.9 Å². The van der Waals surface area contributed by atoms with Crippen molar-refractivity contribution in [1.82, 2.24) is 4.31 Å². The number of rotatable bonds is 6. The van der Waals surface area contributed by atoms with Gasteiger partial charge in [-0.3, -0.25) is 0 Å². The van der Waals surface area contributed by atoms with E-state index in [9.17, 15) is 8.42 Å². The molecule has 1 fully saturated rings. The summed E-state index contributed by atoms with van der Waals surface area (Å²) in [4.78, 5) is 2.07. The van der Waals surface area contributed by atoms with Crippen LogP contribution in [0.25, 0.3) is 0 Å². The fraction of sp³-hybridized carbons (Fsp3) is 0.562. The van der Waals surface area contributed by atoms with Crippen molar-refractivity contribution in [2.24, 2.45) is 0 Å². The van der Waals surface area contributed by atoms with Gasteiger partial charge < -0.3 is 9.64 Å². The van der Waals surface area contributed by atoms with E-state index in [0.29, 0.717) is 36.8 Å². The molecular weight excluding hydrogens is 350 g/mol. The molecular formula is C16H22ClN3O3S. The first-order valence-electron chi connectivity index (χ1n) is 7.87. The summed E-state index contributed by atoms with van der Waals surface area (Å²) in [6, 6.07) is 7.30. The maximum Gasteiger partial charge on any atom is 0.216 e. The van der Waals surface area contributed by atoms with Crippen molar-refractivity contribution in [2.75, 3.05) is 43.4 Å². The summed E-state index contributed by atoms with van der Waals surface area (Å²) in [7, 11) is -3.29. The van der Waals surface area contributed by atoms with E-state index in [0.717, 1.165) is 5.69 Å². The largest absolute Gasteiger partial charge is 0.378 e. The van der Waals surface area contributed by atoms with Crippen LogP contribution in [0.1, 0.15) is 19.4 Å². The van der Waals surface area contributed by atoms with E-state index in [1.54, 1.807) is 12.1 Å². The molecule has 0 spiro atoms. The van der Waals surface area contributed by atoms with Crippen LogP contribution in [0.3, 0.4) is 0 Å². The van der Waals surface area contributed by atoms with Crippen LogP contribution in [0.5, 0.6) is 0 Å². The SMILES string of the molecule is CC(C)OCCS(=O)(=O)N1CCN(c2ccc(C#N)c(Cl)c2)CC1. The highest BCUT2D eigenvalue weighted by Crippen LogP contribution is 2.24. The molecule has 0 N–H and O–H groups in total. The van der Waals surface area contributed by atoms with Gasteiger partial charge in [-0.05, 0) is 32.0 Å². The molecule has 0 atom stereocenters. The number of sulfonamides is 1. The van der Waals surface area contributed by atoms with E-state index in [2.05, 4.69) is 4.90 Å². The fourth-order valence-corrected chi connectivity index (χ4v) is 4.04. The second-order valence-electron chi connectivity index (χ2n) is 5.90. The van der Waals surface area contributed by atoms with Crippen molar-refractivity contribution in [1.29, 1.82) is 5.26 Å². The van der Waals surface area contributed by atoms with Crippen LogP contribution < -0.4 is 4.90 Å². The molecule has 1 aliphatic heterocycles. The minimum atomic E-state index is -3.29. The Morgan fingerprint density at radius 3 is 2.50 bits per heavy atom. The van der Waals surface area contributed by atoms with Crippen LogP contribution >= 0.6 is 11.6 Å². The first kappa shape index (κ1) is 19.0. The van der Waals surface area contributed by atoms with Gasteiger partial charge in [-0.25, -0.2) is 8.42 Å². The molecule has 0 bridgehead atoms. The highest BCUT2D eigenvalue weighted by atomic mass is 35.5. The number of halogens is 1. The maximum absolute atomic E-state index is 12.3. The second kappa shape index (κ2) is 8.17. The van der Waals surface area contributed by atoms with Crippen molar-refractivity contribution in [2.45, 2.75) is 20.0 Å². The first-order valence-corrected chi connectivity index (χ1v) is 9.86. The number of hydrogen-bond acceptors (Lipinski definition) is 5. The van der Waals surface area contributed by atoms with E-state index in [4.69, 9.17) is 21.6 Å². The molecule has 1 aromatic carbocycles. The molecule has 0 aromatic heterocycles. The van der Waals surface area contributed by atoms with Crippen molar-refractivity contribution in [3.63, 3.8) is 0 Å². The lowest BCUT2D eigenvalue weighted by Gasteiger charge is -2.35. The van der Waals surface area contributed by atoms with Gasteiger partial charge in [0.1, 0.15) is 6.07 Å². The van der Waals surface area contributed by atoms with Crippen LogP contribution in [0.4, 0.5) is 5.69 Å². The van der Waals surface area contributed by atoms with Crippen LogP contribution in [-0.2, 0) is 14.8 Å². The standard InChI is InChI=1S/C16H22ClN3O3S/c1-13(2)23-9-10-24(21,22)20-7-5-19(6-8-20)15-4-3-14(12-18)16(17)11-15/h3-4,11,13H,5-10H2,1-2H3. The zero-order chi connectivity index (χ0) is 17.7. The molecule has 8 heteroatoms. The lowest BCUT2D eigenvalue weighted by atomic mass is 10.2. The Bertz CT molecular complexity index is 708. The normalized spacial score (nSPS) is 16.4. The fourth-order valence-electron chi connectivity index (χ4n) is 2.53. The molecule has 132 valence electrons. The first-order chi connectivity index (χ1) is 11.3. The third-order valence-corrected chi connectivity index (χ3v) is 6.01. The summed E-state index contributed by atoms with van der Waals surface area (Å²) in [5.74, 6) is 0.00781. The summed E-state index contributed by atoms with van der Waals surface area (Å²) < 4.78 is 31.5. The number of hydrogen-bond donors (Lipinski definition) is 0. The number of nitrogens with zero attached hydrogens (tertiary/aromatic N) is 3. The average molecular weight is 372 g/mol. The molecule has 1 aromatic rings. The van der Waals surface area contributed by atoms with Crippen molar-refractivity contribution < 1.29 is 13.2 Å². The monoisotopic (exact) mass is 371 g/mol. The Labute approximate surface area is 148 Å². The summed E-state index contributed by atoms with van der Waals surface area (Å²) in [6.45, 7) is 6.02. The predicted molar refractivity (Wildman–Crippen MR) is 94.8 cm³/mol. The minimum absolute atomic E-state index is 0.00781. The Morgan fingerprint density at radius 1 is 1.29 bits per heavy atom. The lowest BCUT2D eigenvalue weighted by Crippen LogP contribution is -2.49. The molecule has 6 nitrogen and oxygen atoms in total. The number of piperazine rings is 1. The van der Waals surface area contributed by atoms with Gasteiger partial charge in [-0.15, -0.1) is 0 Å². The van der Waals surface area contributed by atoms with Gasteiger partial charge in [0.2, 0.25) is 10.0 Å². The zero-order valence-electron chi connectivity index (χ0n) is 13.9. The molecule has 1 saturated heterocycles. The van der Waals surface area contributed by atoms with Crippen LogP contribution in [0, 0.1) is 11.3 Å². The van der Waals surface area contributed by atoms with Gasteiger partial charge in [-0.1, -0.05) is 11.6 Å². The highest BCUT2D eigenvalue weighted by Gasteiger charge is 2.27. The Morgan fingerprint density at radius 2 is 1.96 bits per heavy atom. The average Bonchev–Trinajstić information content (AvgIpc) is 2.54. The number of benzene rings is 1. The molecule has 0 saturated carbocycles. The quantitative estimate of drug-likeness (QED) is 0.765. The zero-order valence-corrected chi connectivity index (χ0v) is 15.5. The van der Waals surface area contributed by atoms with Crippen LogP contribution in [0.2, 0.25) is 5.02 Å². The van der Waals surface area contributed by atoms with Crippen LogP contribution in [0.15, 0.2) is 18.2 Å². The molecule has 0 unspecified atom stereocenters. The minimum Gasteiger partial charge on any atom is -0.378 e. The molecule has 0 aliphatic carbocycles. The van der Waals surface area contributed by atoms with Gasteiger partial charge in [0.25, 0.3) is 0 Å². The Balaban J connectivity index is 1.93. The molecule has 0 radical (unpaired) electrons. The van der Waals surface area contributed by atoms with Gasteiger partial charge in [-0.2, -0.15) is 9.57 Å². The number of ether oxygens (including phenoxy) is 1. The van der Waals surface area contributed by atoms with E-state index in [-0.39, 0.29) is 18.5 Å². The Kier molecular flexibility index (Phi) is 6.47. The molecule has 0 amide bonds. The van der Waals surface area contributed by atoms with E-state index >= 15 is 0 Å². The van der Waals surface area contributed by atoms with E-state index in [1.807, 2.05) is 26.0 Å². The molecule has 1 heterocycles. The molecule has 2 rings (SSSR count). The predicted octanol–water partition coefficient (Wildman–Crippen LogP) is 2.09. The third kappa shape index (κ3) is 4.84. The summed E-state index contributed by atoms with van der Waals surface area (Å²) in [5.41, 5.74) is 1.34. The van der Waals surface area contributed by atoms with Crippen molar-refractivity contribution in [3.8, 4) is 6.07 Å². The summed E-state index contributed by atoms with van der Waals surface area (Å²) >= 11 is 6.06. The Hall–Kier alpha value is -1.33. The summed E-state index contributed by atoms with van der Waals surface area (Å²) in [6.07, 6.45) is 0.0261. The maximum atomic E-state index is 12.3. The molecule has 1 aliphatic rings. The number of anilines is 1. The summed E-state index contributed by atoms with van der Waals surface area (Å²) in [5, 5.41) is 9.33. The lowest BCUT2D eigenvalue weighted by molar-refractivity contribution is 0.0906. The van der Waals surface area contributed by atoms with E-state index in [1.165, 1.54) is 4.31 Å².